The Bertz CT molecular complexity index is 286. The van der Waals surface area contributed by atoms with Crippen LogP contribution in [0.3, 0.4) is 0 Å². The molecule has 1 heterocycles. The van der Waals surface area contributed by atoms with Crippen molar-refractivity contribution in [3.05, 3.63) is 29.8 Å². The van der Waals surface area contributed by atoms with Gasteiger partial charge in [0.2, 0.25) is 0 Å². The lowest BCUT2D eigenvalue weighted by Crippen LogP contribution is -2.15. The second kappa shape index (κ2) is 4.01. The van der Waals surface area contributed by atoms with Crippen molar-refractivity contribution in [2.24, 2.45) is 0 Å². The van der Waals surface area contributed by atoms with Gasteiger partial charge in [0.05, 0.1) is 12.3 Å². The minimum Gasteiger partial charge on any atom is -0.273 e. The average Bonchev–Trinajstić information content (AvgIpc) is 2.71. The highest BCUT2D eigenvalue weighted by Gasteiger charge is 2.12. The van der Waals surface area contributed by atoms with Crippen LogP contribution in [0, 0.1) is 0 Å². The summed E-state index contributed by atoms with van der Waals surface area (Å²) in [4.78, 5) is 5.47. The van der Waals surface area contributed by atoms with Crippen LogP contribution in [0.25, 0.3) is 0 Å². The van der Waals surface area contributed by atoms with Gasteiger partial charge in [0, 0.05) is 6.54 Å². The Morgan fingerprint density at radius 2 is 1.93 bits per heavy atom. The second-order valence-corrected chi connectivity index (χ2v) is 4.04. The number of benzene rings is 1. The zero-order valence-corrected chi connectivity index (χ0v) is 8.86. The van der Waals surface area contributed by atoms with Gasteiger partial charge >= 0.3 is 0 Å². The normalized spacial score (nSPS) is 16.6. The quantitative estimate of drug-likeness (QED) is 0.712. The molecule has 1 aliphatic rings. The Morgan fingerprint density at radius 1 is 1.21 bits per heavy atom. The molecule has 1 saturated heterocycles. The van der Waals surface area contributed by atoms with Crippen molar-refractivity contribution < 1.29 is 4.84 Å². The third-order valence-electron chi connectivity index (χ3n) is 2.60. The van der Waals surface area contributed by atoms with Crippen LogP contribution in [0.5, 0.6) is 0 Å². The van der Waals surface area contributed by atoms with Gasteiger partial charge in [-0.25, -0.2) is 0 Å². The van der Waals surface area contributed by atoms with Crippen molar-refractivity contribution in [1.82, 2.24) is 0 Å². The van der Waals surface area contributed by atoms with Crippen molar-refractivity contribution in [3.8, 4) is 0 Å². The zero-order valence-electron chi connectivity index (χ0n) is 8.86. The second-order valence-electron chi connectivity index (χ2n) is 4.04. The third-order valence-corrected chi connectivity index (χ3v) is 2.60. The first kappa shape index (κ1) is 9.53. The Kier molecular flexibility index (Phi) is 2.73. The lowest BCUT2D eigenvalue weighted by atomic mass is 10.0. The summed E-state index contributed by atoms with van der Waals surface area (Å²) >= 11 is 0. The van der Waals surface area contributed by atoms with Gasteiger partial charge in [0.1, 0.15) is 0 Å². The van der Waals surface area contributed by atoms with E-state index >= 15 is 0 Å². The van der Waals surface area contributed by atoms with Crippen molar-refractivity contribution in [1.29, 1.82) is 0 Å². The summed E-state index contributed by atoms with van der Waals surface area (Å²) in [6.45, 7) is 6.29. The van der Waals surface area contributed by atoms with E-state index in [1.807, 2.05) is 5.06 Å². The maximum Gasteiger partial charge on any atom is 0.0766 e. The molecule has 0 amide bonds. The summed E-state index contributed by atoms with van der Waals surface area (Å²) < 4.78 is 0. The Morgan fingerprint density at radius 3 is 2.43 bits per heavy atom. The van der Waals surface area contributed by atoms with Crippen molar-refractivity contribution >= 4 is 5.69 Å². The minimum atomic E-state index is 0.601. The Labute approximate surface area is 85.4 Å². The van der Waals surface area contributed by atoms with Crippen molar-refractivity contribution in [2.75, 3.05) is 18.2 Å². The molecule has 0 bridgehead atoms. The van der Waals surface area contributed by atoms with Gasteiger partial charge in [-0.3, -0.25) is 9.90 Å². The number of hydrogen-bond donors (Lipinski definition) is 0. The van der Waals surface area contributed by atoms with Gasteiger partial charge in [0.25, 0.3) is 0 Å². The van der Waals surface area contributed by atoms with E-state index in [9.17, 15) is 0 Å². The first-order valence-corrected chi connectivity index (χ1v) is 5.28. The summed E-state index contributed by atoms with van der Waals surface area (Å²) in [5, 5.41) is 1.98. The minimum absolute atomic E-state index is 0.601. The maximum absolute atomic E-state index is 5.47. The Balaban J connectivity index is 2.12. The van der Waals surface area contributed by atoms with Crippen LogP contribution >= 0.6 is 0 Å². The van der Waals surface area contributed by atoms with E-state index in [1.165, 1.54) is 11.3 Å². The van der Waals surface area contributed by atoms with Gasteiger partial charge in [-0.2, -0.15) is 0 Å². The summed E-state index contributed by atoms with van der Waals surface area (Å²) in [5.74, 6) is 0.601. The zero-order chi connectivity index (χ0) is 9.97. The standard InChI is InChI=1S/C12H17NO/c1-10(2)11-4-6-12(7-5-11)13-8-3-9-14-13/h4-7,10H,3,8-9H2,1-2H3. The number of anilines is 1. The third kappa shape index (κ3) is 1.90. The maximum atomic E-state index is 5.47. The molecule has 2 nitrogen and oxygen atoms in total. The first-order chi connectivity index (χ1) is 6.77. The summed E-state index contributed by atoms with van der Waals surface area (Å²) in [7, 11) is 0. The molecular weight excluding hydrogens is 174 g/mol. The molecule has 1 aromatic rings. The molecule has 2 heteroatoms. The van der Waals surface area contributed by atoms with E-state index in [4.69, 9.17) is 4.84 Å². The fraction of sp³-hybridized carbons (Fsp3) is 0.500. The van der Waals surface area contributed by atoms with Crippen LogP contribution in [0.4, 0.5) is 5.69 Å². The van der Waals surface area contributed by atoms with E-state index in [2.05, 4.69) is 38.1 Å². The highest BCUT2D eigenvalue weighted by atomic mass is 16.7. The fourth-order valence-electron chi connectivity index (χ4n) is 1.68. The Hall–Kier alpha value is -1.02. The van der Waals surface area contributed by atoms with Gasteiger partial charge in [-0.1, -0.05) is 26.0 Å². The van der Waals surface area contributed by atoms with Gasteiger partial charge in [0.15, 0.2) is 0 Å². The van der Waals surface area contributed by atoms with E-state index in [0.29, 0.717) is 5.92 Å². The van der Waals surface area contributed by atoms with Gasteiger partial charge < -0.3 is 0 Å². The molecule has 1 aliphatic heterocycles. The molecule has 1 aromatic carbocycles. The lowest BCUT2D eigenvalue weighted by molar-refractivity contribution is 0.168. The van der Waals surface area contributed by atoms with Crippen LogP contribution in [-0.2, 0) is 4.84 Å². The highest BCUT2D eigenvalue weighted by Crippen LogP contribution is 2.22. The van der Waals surface area contributed by atoms with E-state index in [1.54, 1.807) is 0 Å². The molecule has 0 aliphatic carbocycles. The molecule has 2 rings (SSSR count). The molecule has 0 radical (unpaired) electrons. The summed E-state index contributed by atoms with van der Waals surface area (Å²) in [6.07, 6.45) is 1.13. The SMILES string of the molecule is CC(C)c1ccc(N2CCCO2)cc1. The molecule has 0 spiro atoms. The largest absolute Gasteiger partial charge is 0.273 e. The topological polar surface area (TPSA) is 12.5 Å². The van der Waals surface area contributed by atoms with Gasteiger partial charge in [-0.05, 0) is 30.0 Å². The fourth-order valence-corrected chi connectivity index (χ4v) is 1.68. The predicted molar refractivity (Wildman–Crippen MR) is 58.4 cm³/mol. The molecule has 0 N–H and O–H groups in total. The predicted octanol–water partition coefficient (Wildman–Crippen LogP) is 2.95. The van der Waals surface area contributed by atoms with Crippen LogP contribution in [0.1, 0.15) is 31.7 Å². The lowest BCUT2D eigenvalue weighted by Gasteiger charge is -2.16. The van der Waals surface area contributed by atoms with Crippen LogP contribution in [0.15, 0.2) is 24.3 Å². The van der Waals surface area contributed by atoms with E-state index < -0.39 is 0 Å². The molecule has 76 valence electrons. The highest BCUT2D eigenvalue weighted by molar-refractivity contribution is 5.46. The first-order valence-electron chi connectivity index (χ1n) is 5.28. The molecule has 0 atom stereocenters. The van der Waals surface area contributed by atoms with Crippen LogP contribution in [-0.4, -0.2) is 13.2 Å². The van der Waals surface area contributed by atoms with Crippen molar-refractivity contribution in [2.45, 2.75) is 26.2 Å². The molecule has 0 saturated carbocycles. The number of nitrogens with zero attached hydrogens (tertiary/aromatic N) is 1. The number of hydroxylamine groups is 1. The van der Waals surface area contributed by atoms with Crippen molar-refractivity contribution in [3.63, 3.8) is 0 Å². The molecule has 1 fully saturated rings. The molecule has 0 unspecified atom stereocenters. The summed E-state index contributed by atoms with van der Waals surface area (Å²) in [5.41, 5.74) is 2.56. The smallest absolute Gasteiger partial charge is 0.0766 e. The number of hydrogen-bond acceptors (Lipinski definition) is 2. The van der Waals surface area contributed by atoms with E-state index in [0.717, 1.165) is 19.6 Å². The molecular formula is C12H17NO. The summed E-state index contributed by atoms with van der Waals surface area (Å²) in [6, 6.07) is 8.64. The average molecular weight is 191 g/mol. The number of rotatable bonds is 2. The monoisotopic (exact) mass is 191 g/mol. The van der Waals surface area contributed by atoms with Crippen LogP contribution < -0.4 is 5.06 Å². The van der Waals surface area contributed by atoms with Gasteiger partial charge in [-0.15, -0.1) is 0 Å². The molecule has 14 heavy (non-hydrogen) atoms. The van der Waals surface area contributed by atoms with Crippen LogP contribution in [0.2, 0.25) is 0 Å². The molecule has 0 aromatic heterocycles. The van der Waals surface area contributed by atoms with E-state index in [-0.39, 0.29) is 0 Å².